The highest BCUT2D eigenvalue weighted by Gasteiger charge is 2.21. The normalized spacial score (nSPS) is 11.1. The van der Waals surface area contributed by atoms with Crippen LogP contribution < -0.4 is 14.9 Å². The monoisotopic (exact) mass is 565 g/mol. The Kier molecular flexibility index (Phi) is 8.17. The Morgan fingerprint density at radius 2 is 1.73 bits per heavy atom. The summed E-state index contributed by atoms with van der Waals surface area (Å²) in [6.07, 6.45) is 1.50. The van der Waals surface area contributed by atoms with E-state index in [1.807, 2.05) is 69.3 Å². The van der Waals surface area contributed by atoms with E-state index in [-0.39, 0.29) is 5.75 Å². The molecule has 1 heterocycles. The topological polar surface area (TPSA) is 92.8 Å². The predicted octanol–water partition coefficient (Wildman–Crippen LogP) is 7.49. The van der Waals surface area contributed by atoms with Gasteiger partial charge in [0.15, 0.2) is 11.5 Å². The number of nitrogens with one attached hydrogen (secondary N) is 2. The van der Waals surface area contributed by atoms with Crippen molar-refractivity contribution in [2.45, 2.75) is 20.8 Å². The molecule has 0 bridgehead atoms. The SMILES string of the molecule is CCOc1cc(C=NNC(=O)c2[nH]c3c(C)cccc3c2-c2ccccc2Cl)ccc1OC(=O)c1ccc(C)cc1. The van der Waals surface area contributed by atoms with Crippen molar-refractivity contribution in [2.75, 3.05) is 6.61 Å². The fourth-order valence-electron chi connectivity index (χ4n) is 4.51. The van der Waals surface area contributed by atoms with Gasteiger partial charge in [0.05, 0.1) is 18.4 Å². The number of carbonyl (C=O) groups is 2. The summed E-state index contributed by atoms with van der Waals surface area (Å²) >= 11 is 6.52. The van der Waals surface area contributed by atoms with E-state index in [0.29, 0.717) is 39.8 Å². The number of esters is 1. The van der Waals surface area contributed by atoms with Crippen molar-refractivity contribution in [3.63, 3.8) is 0 Å². The molecule has 7 nitrogen and oxygen atoms in total. The van der Waals surface area contributed by atoms with Gasteiger partial charge in [-0.2, -0.15) is 5.10 Å². The maximum atomic E-state index is 13.3. The Balaban J connectivity index is 1.38. The first-order valence-electron chi connectivity index (χ1n) is 13.1. The summed E-state index contributed by atoms with van der Waals surface area (Å²) in [5, 5.41) is 5.61. The number of hydrogen-bond donors (Lipinski definition) is 2. The van der Waals surface area contributed by atoms with Gasteiger partial charge in [-0.15, -0.1) is 0 Å². The van der Waals surface area contributed by atoms with E-state index in [2.05, 4.69) is 15.5 Å². The van der Waals surface area contributed by atoms with Crippen molar-refractivity contribution < 1.29 is 19.1 Å². The average Bonchev–Trinajstić information content (AvgIpc) is 3.36. The van der Waals surface area contributed by atoms with Crippen LogP contribution in [0.1, 0.15) is 44.5 Å². The highest BCUT2D eigenvalue weighted by Crippen LogP contribution is 2.37. The number of ether oxygens (including phenoxy) is 2. The van der Waals surface area contributed by atoms with Crippen LogP contribution in [0, 0.1) is 13.8 Å². The van der Waals surface area contributed by atoms with Gasteiger partial charge in [0.25, 0.3) is 5.91 Å². The lowest BCUT2D eigenvalue weighted by Crippen LogP contribution is -2.19. The predicted molar refractivity (Wildman–Crippen MR) is 162 cm³/mol. The first kappa shape index (κ1) is 27.7. The molecule has 0 aliphatic heterocycles. The number of aryl methyl sites for hydroxylation is 2. The van der Waals surface area contributed by atoms with Crippen molar-refractivity contribution in [1.29, 1.82) is 0 Å². The van der Waals surface area contributed by atoms with Crippen molar-refractivity contribution in [3.8, 4) is 22.6 Å². The van der Waals surface area contributed by atoms with E-state index in [1.165, 1.54) is 6.21 Å². The molecule has 41 heavy (non-hydrogen) atoms. The van der Waals surface area contributed by atoms with Gasteiger partial charge >= 0.3 is 5.97 Å². The molecular weight excluding hydrogens is 538 g/mol. The molecule has 206 valence electrons. The summed E-state index contributed by atoms with van der Waals surface area (Å²) in [6, 6.07) is 25.5. The second kappa shape index (κ2) is 12.1. The molecule has 0 radical (unpaired) electrons. The zero-order valence-electron chi connectivity index (χ0n) is 22.8. The number of carbonyl (C=O) groups excluding carboxylic acids is 2. The van der Waals surface area contributed by atoms with Crippen LogP contribution in [0.2, 0.25) is 5.02 Å². The number of halogens is 1. The third-order valence-electron chi connectivity index (χ3n) is 6.55. The molecule has 1 aromatic heterocycles. The van der Waals surface area contributed by atoms with Crippen LogP contribution in [0.15, 0.2) is 90.0 Å². The molecule has 8 heteroatoms. The lowest BCUT2D eigenvalue weighted by molar-refractivity contribution is 0.0728. The molecule has 0 saturated carbocycles. The van der Waals surface area contributed by atoms with E-state index in [4.69, 9.17) is 21.1 Å². The zero-order valence-corrected chi connectivity index (χ0v) is 23.6. The van der Waals surface area contributed by atoms with Crippen LogP contribution in [0.4, 0.5) is 0 Å². The van der Waals surface area contributed by atoms with Crippen LogP contribution >= 0.6 is 11.6 Å². The van der Waals surface area contributed by atoms with Gasteiger partial charge in [-0.05, 0) is 68.3 Å². The Hall–Kier alpha value is -4.88. The van der Waals surface area contributed by atoms with E-state index in [9.17, 15) is 9.59 Å². The summed E-state index contributed by atoms with van der Waals surface area (Å²) < 4.78 is 11.3. The number of fused-ring (bicyclic) bond motifs is 1. The molecule has 2 N–H and O–H groups in total. The van der Waals surface area contributed by atoms with Gasteiger partial charge in [0.2, 0.25) is 0 Å². The number of rotatable bonds is 8. The number of hydrazone groups is 1. The Labute approximate surface area is 242 Å². The van der Waals surface area contributed by atoms with Gasteiger partial charge in [-0.1, -0.05) is 65.7 Å². The summed E-state index contributed by atoms with van der Waals surface area (Å²) in [4.78, 5) is 29.2. The number of aromatic amines is 1. The van der Waals surface area contributed by atoms with Gasteiger partial charge < -0.3 is 14.5 Å². The molecular formula is C33H28ClN3O4. The van der Waals surface area contributed by atoms with Crippen molar-refractivity contribution in [2.24, 2.45) is 5.10 Å². The summed E-state index contributed by atoms with van der Waals surface area (Å²) in [5.74, 6) is -0.227. The first-order valence-corrected chi connectivity index (χ1v) is 13.5. The van der Waals surface area contributed by atoms with Crippen LogP contribution in [-0.4, -0.2) is 29.7 Å². The second-order valence-corrected chi connectivity index (χ2v) is 9.85. The number of amides is 1. The molecule has 4 aromatic carbocycles. The van der Waals surface area contributed by atoms with Crippen LogP contribution in [0.3, 0.4) is 0 Å². The van der Waals surface area contributed by atoms with Crippen molar-refractivity contribution in [1.82, 2.24) is 10.4 Å². The smallest absolute Gasteiger partial charge is 0.343 e. The molecule has 0 fully saturated rings. The van der Waals surface area contributed by atoms with Gasteiger partial charge in [-0.25, -0.2) is 10.2 Å². The van der Waals surface area contributed by atoms with Crippen molar-refractivity contribution in [3.05, 3.63) is 118 Å². The highest BCUT2D eigenvalue weighted by atomic mass is 35.5. The molecule has 0 unspecified atom stereocenters. The number of benzene rings is 4. The minimum Gasteiger partial charge on any atom is -0.490 e. The van der Waals surface area contributed by atoms with E-state index >= 15 is 0 Å². The fourth-order valence-corrected chi connectivity index (χ4v) is 4.74. The number of para-hydroxylation sites is 1. The van der Waals surface area contributed by atoms with E-state index in [0.717, 1.165) is 27.6 Å². The summed E-state index contributed by atoms with van der Waals surface area (Å²) in [7, 11) is 0. The molecule has 5 aromatic rings. The van der Waals surface area contributed by atoms with Gasteiger partial charge in [0, 0.05) is 27.1 Å². The minimum absolute atomic E-state index is 0.288. The second-order valence-electron chi connectivity index (χ2n) is 9.45. The van der Waals surface area contributed by atoms with E-state index in [1.54, 1.807) is 36.4 Å². The van der Waals surface area contributed by atoms with E-state index < -0.39 is 11.9 Å². The number of H-pyrrole nitrogens is 1. The average molecular weight is 566 g/mol. The Morgan fingerprint density at radius 1 is 0.951 bits per heavy atom. The van der Waals surface area contributed by atoms with Gasteiger partial charge in [-0.3, -0.25) is 4.79 Å². The number of nitrogens with zero attached hydrogens (tertiary/aromatic N) is 1. The molecule has 5 rings (SSSR count). The molecule has 0 aliphatic rings. The van der Waals surface area contributed by atoms with Gasteiger partial charge in [0.1, 0.15) is 5.69 Å². The third-order valence-corrected chi connectivity index (χ3v) is 6.88. The molecule has 1 amide bonds. The van der Waals surface area contributed by atoms with Crippen LogP contribution in [0.5, 0.6) is 11.5 Å². The zero-order chi connectivity index (χ0) is 28.9. The summed E-state index contributed by atoms with van der Waals surface area (Å²) in [5.41, 5.74) is 8.41. The molecule has 0 spiro atoms. The van der Waals surface area contributed by atoms with Crippen molar-refractivity contribution >= 4 is 40.6 Å². The maximum Gasteiger partial charge on any atom is 0.343 e. The quantitative estimate of drug-likeness (QED) is 0.0882. The first-order chi connectivity index (χ1) is 19.9. The third kappa shape index (κ3) is 6.00. The molecule has 0 atom stereocenters. The lowest BCUT2D eigenvalue weighted by atomic mass is 10.0. The number of aromatic nitrogens is 1. The highest BCUT2D eigenvalue weighted by molar-refractivity contribution is 6.34. The largest absolute Gasteiger partial charge is 0.490 e. The maximum absolute atomic E-state index is 13.3. The van der Waals surface area contributed by atoms with Crippen LogP contribution in [-0.2, 0) is 0 Å². The Bertz CT molecular complexity index is 1770. The minimum atomic E-state index is -0.484. The number of hydrogen-bond acceptors (Lipinski definition) is 5. The van der Waals surface area contributed by atoms with Crippen LogP contribution in [0.25, 0.3) is 22.0 Å². The fraction of sp³-hybridized carbons (Fsp3) is 0.121. The Morgan fingerprint density at radius 3 is 2.49 bits per heavy atom. The molecule has 0 saturated heterocycles. The lowest BCUT2D eigenvalue weighted by Gasteiger charge is -2.11. The molecule has 0 aliphatic carbocycles. The standard InChI is InChI=1S/C33H28ClN3O4/c1-4-40-28-18-22(14-17-27(28)41-33(39)23-15-12-20(2)13-16-23)19-35-37-32(38)31-29(24-9-5-6-11-26(24)34)25-10-7-8-21(3)30(25)36-31/h5-19,36H,4H2,1-3H3,(H,37,38). The summed E-state index contributed by atoms with van der Waals surface area (Å²) in [6.45, 7) is 6.14.